The van der Waals surface area contributed by atoms with Gasteiger partial charge in [0.25, 0.3) is 0 Å². The van der Waals surface area contributed by atoms with Crippen LogP contribution in [-0.4, -0.2) is 35.5 Å². The average Bonchev–Trinajstić information content (AvgIpc) is 2.93. The molecule has 1 N–H and O–H groups in total. The summed E-state index contributed by atoms with van der Waals surface area (Å²) in [4.78, 5) is 3.71. The van der Waals surface area contributed by atoms with Crippen molar-refractivity contribution >= 4 is 10.0 Å². The molecule has 1 saturated heterocycles. The van der Waals surface area contributed by atoms with Crippen molar-refractivity contribution in [3.8, 4) is 0 Å². The lowest BCUT2D eigenvalue weighted by Gasteiger charge is -2.24. The Morgan fingerprint density at radius 2 is 2.04 bits per heavy atom. The van der Waals surface area contributed by atoms with Crippen LogP contribution in [-0.2, 0) is 10.0 Å². The van der Waals surface area contributed by atoms with Crippen LogP contribution in [0.2, 0.25) is 0 Å². The maximum absolute atomic E-state index is 14.0. The molecule has 5 nitrogen and oxygen atoms in total. The number of aliphatic hydroxyl groups is 1. The molecule has 23 heavy (non-hydrogen) atoms. The van der Waals surface area contributed by atoms with E-state index in [2.05, 4.69) is 4.98 Å². The Hall–Kier alpha value is -1.90. The zero-order chi connectivity index (χ0) is 16.6. The van der Waals surface area contributed by atoms with Crippen LogP contribution < -0.4 is 0 Å². The Morgan fingerprint density at radius 3 is 2.74 bits per heavy atom. The summed E-state index contributed by atoms with van der Waals surface area (Å²) in [6.07, 6.45) is 1.66. The normalized spacial score (nSPS) is 22.4. The molecule has 1 aliphatic rings. The van der Waals surface area contributed by atoms with E-state index in [-0.39, 0.29) is 23.4 Å². The summed E-state index contributed by atoms with van der Waals surface area (Å²) in [5, 5.41) is 9.86. The van der Waals surface area contributed by atoms with Gasteiger partial charge in [-0.1, -0.05) is 0 Å². The summed E-state index contributed by atoms with van der Waals surface area (Å²) in [6, 6.07) is 4.74. The van der Waals surface area contributed by atoms with Crippen LogP contribution in [0.4, 0.5) is 8.78 Å². The molecular formula is C15H14F2N2O3S. The summed E-state index contributed by atoms with van der Waals surface area (Å²) < 4.78 is 53.9. The van der Waals surface area contributed by atoms with Gasteiger partial charge in [0.05, 0.1) is 12.1 Å². The van der Waals surface area contributed by atoms with E-state index in [1.807, 2.05) is 0 Å². The first-order chi connectivity index (χ1) is 10.9. The van der Waals surface area contributed by atoms with E-state index in [4.69, 9.17) is 0 Å². The third-order valence-electron chi connectivity index (χ3n) is 3.79. The zero-order valence-corrected chi connectivity index (χ0v) is 12.7. The first-order valence-electron chi connectivity index (χ1n) is 6.94. The Balaban J connectivity index is 2.05. The number of β-amino-alcohol motifs (C(OH)–C–C–N with tert-alkyl or cyclic N) is 1. The second-order valence-corrected chi connectivity index (χ2v) is 7.23. The number of rotatable bonds is 3. The third-order valence-corrected chi connectivity index (χ3v) is 5.65. The van der Waals surface area contributed by atoms with Crippen molar-refractivity contribution in [2.45, 2.75) is 23.5 Å². The van der Waals surface area contributed by atoms with E-state index in [1.165, 1.54) is 24.5 Å². The van der Waals surface area contributed by atoms with Gasteiger partial charge in [0.15, 0.2) is 0 Å². The van der Waals surface area contributed by atoms with Gasteiger partial charge in [-0.25, -0.2) is 17.2 Å². The maximum atomic E-state index is 14.0. The number of nitrogens with zero attached hydrogens (tertiary/aromatic N) is 2. The predicted molar refractivity (Wildman–Crippen MR) is 77.9 cm³/mol. The van der Waals surface area contributed by atoms with E-state index in [9.17, 15) is 22.3 Å². The number of hydrogen-bond acceptors (Lipinski definition) is 4. The SMILES string of the molecule is O=S(=O)(c1cccnc1)N1CC(O)CC1c1cc(F)ccc1F. The maximum Gasteiger partial charge on any atom is 0.245 e. The van der Waals surface area contributed by atoms with Crippen LogP contribution in [0.5, 0.6) is 0 Å². The van der Waals surface area contributed by atoms with Crippen LogP contribution in [0.15, 0.2) is 47.6 Å². The lowest BCUT2D eigenvalue weighted by molar-refractivity contribution is 0.188. The number of benzene rings is 1. The Kier molecular flexibility index (Phi) is 4.13. The van der Waals surface area contributed by atoms with Gasteiger partial charge in [0.2, 0.25) is 10.0 Å². The van der Waals surface area contributed by atoms with Crippen LogP contribution in [0, 0.1) is 11.6 Å². The van der Waals surface area contributed by atoms with Gasteiger partial charge < -0.3 is 5.11 Å². The molecular weight excluding hydrogens is 326 g/mol. The van der Waals surface area contributed by atoms with Crippen molar-refractivity contribution in [1.29, 1.82) is 0 Å². The van der Waals surface area contributed by atoms with Crippen molar-refractivity contribution in [1.82, 2.24) is 9.29 Å². The first-order valence-corrected chi connectivity index (χ1v) is 8.38. The molecule has 2 aromatic rings. The minimum atomic E-state index is -3.98. The summed E-state index contributed by atoms with van der Waals surface area (Å²) in [6.45, 7) is -0.183. The minimum Gasteiger partial charge on any atom is -0.392 e. The molecule has 1 aliphatic heterocycles. The van der Waals surface area contributed by atoms with Crippen molar-refractivity contribution in [3.63, 3.8) is 0 Å². The molecule has 122 valence electrons. The number of pyridine rings is 1. The molecule has 1 aromatic heterocycles. The first kappa shape index (κ1) is 16.0. The van der Waals surface area contributed by atoms with Crippen molar-refractivity contribution < 1.29 is 22.3 Å². The smallest absolute Gasteiger partial charge is 0.245 e. The number of hydrogen-bond donors (Lipinski definition) is 1. The fraction of sp³-hybridized carbons (Fsp3) is 0.267. The van der Waals surface area contributed by atoms with Crippen LogP contribution in [0.25, 0.3) is 0 Å². The second kappa shape index (κ2) is 5.95. The number of sulfonamides is 1. The molecule has 0 aliphatic carbocycles. The van der Waals surface area contributed by atoms with Crippen molar-refractivity contribution in [2.75, 3.05) is 6.54 Å². The van der Waals surface area contributed by atoms with Gasteiger partial charge in [0, 0.05) is 24.5 Å². The lowest BCUT2D eigenvalue weighted by atomic mass is 10.0. The van der Waals surface area contributed by atoms with Gasteiger partial charge in [-0.2, -0.15) is 4.31 Å². The molecule has 8 heteroatoms. The Morgan fingerprint density at radius 1 is 1.26 bits per heavy atom. The molecule has 2 atom stereocenters. The largest absolute Gasteiger partial charge is 0.392 e. The summed E-state index contributed by atoms with van der Waals surface area (Å²) in [5.41, 5.74) is -0.0889. The summed E-state index contributed by atoms with van der Waals surface area (Å²) in [7, 11) is -3.98. The molecule has 0 radical (unpaired) electrons. The van der Waals surface area contributed by atoms with Gasteiger partial charge >= 0.3 is 0 Å². The van der Waals surface area contributed by atoms with Crippen LogP contribution in [0.3, 0.4) is 0 Å². The number of aromatic nitrogens is 1. The lowest BCUT2D eigenvalue weighted by Crippen LogP contribution is -2.32. The number of halogens is 2. The fourth-order valence-corrected chi connectivity index (χ4v) is 4.36. The third kappa shape index (κ3) is 2.97. The van der Waals surface area contributed by atoms with E-state index >= 15 is 0 Å². The standard InChI is InChI=1S/C15H14F2N2O3S/c16-10-3-4-14(17)13(6-10)15-7-11(20)9-19(15)23(21,22)12-2-1-5-18-8-12/h1-6,8,11,15,20H,7,9H2. The molecule has 0 bridgehead atoms. The molecule has 0 amide bonds. The second-order valence-electron chi connectivity index (χ2n) is 5.33. The van der Waals surface area contributed by atoms with E-state index in [0.717, 1.165) is 22.5 Å². The quantitative estimate of drug-likeness (QED) is 0.926. The Labute approximate surface area is 132 Å². The molecule has 2 unspecified atom stereocenters. The molecule has 0 spiro atoms. The highest BCUT2D eigenvalue weighted by Crippen LogP contribution is 2.37. The van der Waals surface area contributed by atoms with E-state index in [1.54, 1.807) is 0 Å². The van der Waals surface area contributed by atoms with Gasteiger partial charge in [-0.3, -0.25) is 4.98 Å². The Bertz CT molecular complexity index is 815. The predicted octanol–water partition coefficient (Wildman–Crippen LogP) is 1.86. The topological polar surface area (TPSA) is 70.5 Å². The molecule has 2 heterocycles. The highest BCUT2D eigenvalue weighted by molar-refractivity contribution is 7.89. The molecule has 0 saturated carbocycles. The van der Waals surface area contributed by atoms with Gasteiger partial charge in [0.1, 0.15) is 16.5 Å². The molecule has 1 aromatic carbocycles. The summed E-state index contributed by atoms with van der Waals surface area (Å²) >= 11 is 0. The van der Waals surface area contributed by atoms with Crippen LogP contribution >= 0.6 is 0 Å². The van der Waals surface area contributed by atoms with Crippen LogP contribution in [0.1, 0.15) is 18.0 Å². The monoisotopic (exact) mass is 340 g/mol. The molecule has 3 rings (SSSR count). The zero-order valence-electron chi connectivity index (χ0n) is 11.9. The van der Waals surface area contributed by atoms with Crippen molar-refractivity contribution in [3.05, 3.63) is 59.9 Å². The summed E-state index contributed by atoms with van der Waals surface area (Å²) in [5.74, 6) is -1.38. The highest BCUT2D eigenvalue weighted by atomic mass is 32.2. The minimum absolute atomic E-state index is 0.000133. The fourth-order valence-electron chi connectivity index (χ4n) is 2.74. The van der Waals surface area contributed by atoms with E-state index < -0.39 is 33.8 Å². The molecule has 1 fully saturated rings. The highest BCUT2D eigenvalue weighted by Gasteiger charge is 2.41. The number of aliphatic hydroxyl groups excluding tert-OH is 1. The van der Waals surface area contributed by atoms with Gasteiger partial charge in [-0.05, 0) is 36.8 Å². The van der Waals surface area contributed by atoms with Crippen molar-refractivity contribution in [2.24, 2.45) is 0 Å². The van der Waals surface area contributed by atoms with Gasteiger partial charge in [-0.15, -0.1) is 0 Å². The average molecular weight is 340 g/mol. The van der Waals surface area contributed by atoms with E-state index in [0.29, 0.717) is 0 Å².